The van der Waals surface area contributed by atoms with Crippen molar-refractivity contribution in [2.24, 2.45) is 22.7 Å². The van der Waals surface area contributed by atoms with E-state index < -0.39 is 22.7 Å². The summed E-state index contributed by atoms with van der Waals surface area (Å²) in [5.74, 6) is -1.86. The van der Waals surface area contributed by atoms with E-state index in [2.05, 4.69) is 0 Å². The molecule has 1 aliphatic heterocycles. The van der Waals surface area contributed by atoms with Crippen LogP contribution in [0.1, 0.15) is 43.4 Å². The van der Waals surface area contributed by atoms with Crippen LogP contribution < -0.4 is 4.90 Å². The van der Waals surface area contributed by atoms with Crippen LogP contribution in [-0.4, -0.2) is 17.6 Å². The van der Waals surface area contributed by atoms with Gasteiger partial charge >= 0.3 is 0 Å². The van der Waals surface area contributed by atoms with E-state index in [9.17, 15) is 14.4 Å². The highest BCUT2D eigenvalue weighted by molar-refractivity contribution is 6.34. The van der Waals surface area contributed by atoms with Crippen molar-refractivity contribution < 1.29 is 14.4 Å². The van der Waals surface area contributed by atoms with Gasteiger partial charge in [0, 0.05) is 0 Å². The minimum Gasteiger partial charge on any atom is -0.298 e. The number of carbonyl (C=O) groups excluding carboxylic acids is 3. The lowest BCUT2D eigenvalue weighted by molar-refractivity contribution is -0.134. The highest BCUT2D eigenvalue weighted by atomic mass is 16.2. The van der Waals surface area contributed by atoms with Crippen LogP contribution in [0.3, 0.4) is 0 Å². The van der Waals surface area contributed by atoms with Gasteiger partial charge in [-0.05, 0) is 53.7 Å². The van der Waals surface area contributed by atoms with E-state index in [0.717, 1.165) is 27.8 Å². The maximum absolute atomic E-state index is 14.7. The van der Waals surface area contributed by atoms with E-state index in [-0.39, 0.29) is 17.6 Å². The van der Waals surface area contributed by atoms with E-state index >= 15 is 0 Å². The molecule has 0 spiro atoms. The van der Waals surface area contributed by atoms with Crippen LogP contribution in [0.2, 0.25) is 0 Å². The predicted octanol–water partition coefficient (Wildman–Crippen LogP) is 6.10. The molecule has 2 bridgehead atoms. The lowest BCUT2D eigenvalue weighted by atomic mass is 9.60. The van der Waals surface area contributed by atoms with Crippen molar-refractivity contribution in [3.8, 4) is 0 Å². The number of ketones is 1. The van der Waals surface area contributed by atoms with E-state index in [0.29, 0.717) is 18.5 Å². The standard InChI is InChI=1S/C32H29NO3/c1-4-31-24(21-15-8-6-9-16-21)25(22-17-10-7-11-18-22)32(5-2,30(31)36)27-26(31)28(34)33(29(27)35)23-19-13-12-14-20(23)3/h6-19,26-27H,4-5H2,1-3H3/t26-,27-,31-,32+/m0/s1. The molecule has 0 unspecified atom stereocenters. The van der Waals surface area contributed by atoms with Gasteiger partial charge in [0.15, 0.2) is 5.78 Å². The molecule has 2 amide bonds. The SMILES string of the molecule is CC[C@]12C(=O)[C@](CC)(C(c3ccccc3)=C1c1ccccc1)[C@@H]1C(=O)N(c3ccccc3C)C(=O)[C@H]12. The second-order valence-corrected chi connectivity index (χ2v) is 10.2. The number of para-hydroxylation sites is 1. The summed E-state index contributed by atoms with van der Waals surface area (Å²) in [6.45, 7) is 5.90. The zero-order valence-electron chi connectivity index (χ0n) is 20.8. The molecule has 2 aliphatic carbocycles. The number of aryl methyl sites for hydroxylation is 1. The summed E-state index contributed by atoms with van der Waals surface area (Å²) in [7, 11) is 0. The maximum Gasteiger partial charge on any atom is 0.239 e. The van der Waals surface area contributed by atoms with E-state index in [1.807, 2.05) is 106 Å². The van der Waals surface area contributed by atoms with Crippen molar-refractivity contribution >= 4 is 34.4 Å². The van der Waals surface area contributed by atoms with Crippen molar-refractivity contribution in [3.05, 3.63) is 102 Å². The van der Waals surface area contributed by atoms with Gasteiger partial charge in [-0.25, -0.2) is 4.90 Å². The number of hydrogen-bond donors (Lipinski definition) is 0. The molecule has 3 aromatic rings. The molecule has 180 valence electrons. The molecular formula is C32H29NO3. The largest absolute Gasteiger partial charge is 0.298 e. The summed E-state index contributed by atoms with van der Waals surface area (Å²) in [5.41, 5.74) is 3.16. The average Bonchev–Trinajstić information content (AvgIpc) is 3.41. The van der Waals surface area contributed by atoms with Crippen LogP contribution in [0.4, 0.5) is 5.69 Å². The van der Waals surface area contributed by atoms with Gasteiger partial charge in [-0.2, -0.15) is 0 Å². The third kappa shape index (κ3) is 2.52. The lowest BCUT2D eigenvalue weighted by Gasteiger charge is -2.38. The zero-order valence-corrected chi connectivity index (χ0v) is 20.8. The topological polar surface area (TPSA) is 54.5 Å². The first-order valence-electron chi connectivity index (χ1n) is 12.8. The number of benzene rings is 3. The number of nitrogens with zero attached hydrogens (tertiary/aromatic N) is 1. The molecule has 4 nitrogen and oxygen atoms in total. The Labute approximate surface area is 211 Å². The maximum atomic E-state index is 14.7. The van der Waals surface area contributed by atoms with Crippen LogP contribution in [0, 0.1) is 29.6 Å². The first kappa shape index (κ1) is 22.7. The van der Waals surface area contributed by atoms with Crippen molar-refractivity contribution in [1.82, 2.24) is 0 Å². The number of fused-ring (bicyclic) bond motifs is 5. The average molecular weight is 476 g/mol. The van der Waals surface area contributed by atoms with Crippen molar-refractivity contribution in [2.45, 2.75) is 33.6 Å². The predicted molar refractivity (Wildman–Crippen MR) is 141 cm³/mol. The van der Waals surface area contributed by atoms with Crippen LogP contribution in [0.5, 0.6) is 0 Å². The Kier molecular flexibility index (Phi) is 4.95. The Morgan fingerprint density at radius 1 is 0.639 bits per heavy atom. The van der Waals surface area contributed by atoms with Crippen LogP contribution >= 0.6 is 0 Å². The van der Waals surface area contributed by atoms with E-state index in [1.54, 1.807) is 0 Å². The molecule has 0 aromatic heterocycles. The van der Waals surface area contributed by atoms with Gasteiger partial charge < -0.3 is 0 Å². The van der Waals surface area contributed by atoms with Crippen LogP contribution in [0.25, 0.3) is 11.1 Å². The minimum absolute atomic E-state index is 0.0406. The van der Waals surface area contributed by atoms with Gasteiger partial charge in [0.05, 0.1) is 28.4 Å². The Hall–Kier alpha value is -3.79. The molecule has 3 aliphatic rings. The summed E-state index contributed by atoms with van der Waals surface area (Å²) in [4.78, 5) is 44.6. The van der Waals surface area contributed by atoms with Gasteiger partial charge in [-0.1, -0.05) is 92.7 Å². The normalized spacial score (nSPS) is 28.9. The van der Waals surface area contributed by atoms with Crippen LogP contribution in [-0.2, 0) is 14.4 Å². The first-order valence-corrected chi connectivity index (χ1v) is 12.8. The minimum atomic E-state index is -1.04. The third-order valence-electron chi connectivity index (χ3n) is 8.92. The molecule has 36 heavy (non-hydrogen) atoms. The highest BCUT2D eigenvalue weighted by Crippen LogP contribution is 2.75. The number of carbonyl (C=O) groups is 3. The van der Waals surface area contributed by atoms with Gasteiger partial charge in [0.2, 0.25) is 11.8 Å². The van der Waals surface area contributed by atoms with Crippen molar-refractivity contribution in [3.63, 3.8) is 0 Å². The molecule has 1 heterocycles. The summed E-state index contributed by atoms with van der Waals surface area (Å²) >= 11 is 0. The number of anilines is 1. The van der Waals surface area contributed by atoms with Crippen molar-refractivity contribution in [1.29, 1.82) is 0 Å². The number of rotatable bonds is 5. The summed E-state index contributed by atoms with van der Waals surface area (Å²) in [6.07, 6.45) is 0.936. The monoisotopic (exact) mass is 475 g/mol. The number of hydrogen-bond acceptors (Lipinski definition) is 3. The molecule has 4 heteroatoms. The highest BCUT2D eigenvalue weighted by Gasteiger charge is 2.80. The molecular weight excluding hydrogens is 446 g/mol. The Morgan fingerprint density at radius 3 is 1.47 bits per heavy atom. The Morgan fingerprint density at radius 2 is 1.06 bits per heavy atom. The molecule has 1 saturated carbocycles. The number of Topliss-reactive ketones (excluding diaryl/α,β-unsaturated/α-hetero) is 1. The van der Waals surface area contributed by atoms with Gasteiger partial charge in [0.1, 0.15) is 0 Å². The van der Waals surface area contributed by atoms with Gasteiger partial charge in [0.25, 0.3) is 0 Å². The molecule has 3 aromatic carbocycles. The quantitative estimate of drug-likeness (QED) is 0.419. The zero-order chi connectivity index (χ0) is 25.2. The second kappa shape index (κ2) is 7.86. The fourth-order valence-electron chi connectivity index (χ4n) is 7.51. The van der Waals surface area contributed by atoms with Crippen molar-refractivity contribution in [2.75, 3.05) is 4.90 Å². The summed E-state index contributed by atoms with van der Waals surface area (Å²) in [6, 6.07) is 27.4. The summed E-state index contributed by atoms with van der Waals surface area (Å²) in [5, 5.41) is 0. The molecule has 1 saturated heterocycles. The fourth-order valence-corrected chi connectivity index (χ4v) is 7.51. The second-order valence-electron chi connectivity index (χ2n) is 10.2. The van der Waals surface area contributed by atoms with E-state index in [4.69, 9.17) is 0 Å². The van der Waals surface area contributed by atoms with Gasteiger partial charge in [-0.15, -0.1) is 0 Å². The Balaban J connectivity index is 1.69. The van der Waals surface area contributed by atoms with E-state index in [1.165, 1.54) is 4.90 Å². The summed E-state index contributed by atoms with van der Waals surface area (Å²) < 4.78 is 0. The Bertz CT molecular complexity index is 1350. The molecule has 2 fully saturated rings. The first-order chi connectivity index (χ1) is 17.4. The fraction of sp³-hybridized carbons (Fsp3) is 0.281. The van der Waals surface area contributed by atoms with Gasteiger partial charge in [-0.3, -0.25) is 14.4 Å². The number of imide groups is 1. The molecule has 6 rings (SSSR count). The number of allylic oxidation sites excluding steroid dienone is 2. The lowest BCUT2D eigenvalue weighted by Crippen LogP contribution is -2.42. The molecule has 4 atom stereocenters. The smallest absolute Gasteiger partial charge is 0.239 e. The molecule has 0 radical (unpaired) electrons. The van der Waals surface area contributed by atoms with Crippen LogP contribution in [0.15, 0.2) is 84.9 Å². The number of amides is 2. The third-order valence-corrected chi connectivity index (χ3v) is 8.92. The molecule has 0 N–H and O–H groups in total.